The molecule has 1 N–H and O–H groups in total. The minimum absolute atomic E-state index is 0.239. The predicted octanol–water partition coefficient (Wildman–Crippen LogP) is 1.99. The lowest BCUT2D eigenvalue weighted by Gasteiger charge is -2.29. The van der Waals surface area contributed by atoms with Gasteiger partial charge in [0.2, 0.25) is 11.8 Å². The van der Waals surface area contributed by atoms with Gasteiger partial charge in [0.15, 0.2) is 0 Å². The Labute approximate surface area is 128 Å². The van der Waals surface area contributed by atoms with Gasteiger partial charge in [0.25, 0.3) is 0 Å². The third-order valence-corrected chi connectivity index (χ3v) is 4.75. The van der Waals surface area contributed by atoms with Crippen molar-refractivity contribution in [3.63, 3.8) is 0 Å². The van der Waals surface area contributed by atoms with E-state index >= 15 is 0 Å². The second kappa shape index (κ2) is 6.15. The van der Waals surface area contributed by atoms with Crippen LogP contribution in [0.1, 0.15) is 42.6 Å². The Bertz CT molecular complexity index is 730. The molecule has 1 aliphatic heterocycles. The van der Waals surface area contributed by atoms with Crippen molar-refractivity contribution in [2.24, 2.45) is 0 Å². The second-order valence-corrected chi connectivity index (χ2v) is 6.66. The van der Waals surface area contributed by atoms with Crippen molar-refractivity contribution in [2.75, 3.05) is 6.54 Å². The highest BCUT2D eigenvalue weighted by molar-refractivity contribution is 7.83. The second-order valence-electron chi connectivity index (χ2n) is 5.30. The first kappa shape index (κ1) is 15.1. The van der Waals surface area contributed by atoms with Gasteiger partial charge in [0.1, 0.15) is 6.04 Å². The topological polar surface area (TPSA) is 96.5 Å². The number of nitrogens with zero attached hydrogens (tertiary/aromatic N) is 3. The Hall–Kier alpha value is -1.77. The maximum atomic E-state index is 11.5. The number of benzene rings is 1. The maximum Gasteiger partial charge on any atom is 0.336 e. The fraction of sp³-hybridized carbons (Fsp3) is 0.429. The zero-order valence-corrected chi connectivity index (χ0v) is 12.7. The van der Waals surface area contributed by atoms with Crippen molar-refractivity contribution in [1.82, 2.24) is 14.5 Å². The molecule has 22 heavy (non-hydrogen) atoms. The third-order valence-electron chi connectivity index (χ3n) is 3.72. The summed E-state index contributed by atoms with van der Waals surface area (Å²) in [5.41, 5.74) is 1.04. The number of aromatic nitrogens is 2. The molecule has 2 heterocycles. The highest BCUT2D eigenvalue weighted by atomic mass is 32.2. The highest BCUT2D eigenvalue weighted by Crippen LogP contribution is 2.32. The van der Waals surface area contributed by atoms with E-state index in [1.807, 2.05) is 30.3 Å². The van der Waals surface area contributed by atoms with Crippen LogP contribution in [0.15, 0.2) is 34.7 Å². The van der Waals surface area contributed by atoms with Crippen LogP contribution >= 0.6 is 0 Å². The van der Waals surface area contributed by atoms with E-state index in [9.17, 15) is 13.0 Å². The van der Waals surface area contributed by atoms with Gasteiger partial charge in [-0.25, -0.2) is 0 Å². The molecule has 1 aromatic heterocycles. The van der Waals surface area contributed by atoms with Gasteiger partial charge in [0.05, 0.1) is 6.42 Å². The Balaban J connectivity index is 1.80. The van der Waals surface area contributed by atoms with Crippen LogP contribution in [0, 0.1) is 0 Å². The molecule has 8 heteroatoms. The van der Waals surface area contributed by atoms with Crippen LogP contribution in [0.2, 0.25) is 0 Å². The monoisotopic (exact) mass is 323 g/mol. The van der Waals surface area contributed by atoms with Gasteiger partial charge in [-0.15, -0.1) is 10.2 Å². The summed E-state index contributed by atoms with van der Waals surface area (Å²) in [5, 5.41) is 7.95. The number of piperidine rings is 1. The van der Waals surface area contributed by atoms with Crippen molar-refractivity contribution in [3.8, 4) is 0 Å². The van der Waals surface area contributed by atoms with Crippen molar-refractivity contribution in [3.05, 3.63) is 47.7 Å². The first-order valence-electron chi connectivity index (χ1n) is 7.14. The molecule has 0 saturated carbocycles. The maximum absolute atomic E-state index is 11.5. The molecule has 0 unspecified atom stereocenters. The van der Waals surface area contributed by atoms with E-state index in [2.05, 4.69) is 10.2 Å². The van der Waals surface area contributed by atoms with Crippen LogP contribution < -0.4 is 0 Å². The molecule has 1 aliphatic rings. The van der Waals surface area contributed by atoms with Crippen LogP contribution in [0.5, 0.6) is 0 Å². The fourth-order valence-electron chi connectivity index (χ4n) is 2.67. The lowest BCUT2D eigenvalue weighted by Crippen LogP contribution is -2.38. The lowest BCUT2D eigenvalue weighted by atomic mass is 10.1. The normalized spacial score (nSPS) is 20.1. The molecule has 0 radical (unpaired) electrons. The molecule has 0 amide bonds. The minimum Gasteiger partial charge on any atom is -0.423 e. The fourth-order valence-corrected chi connectivity index (χ4v) is 3.55. The zero-order valence-electron chi connectivity index (χ0n) is 11.9. The van der Waals surface area contributed by atoms with E-state index in [0.29, 0.717) is 25.2 Å². The first-order chi connectivity index (χ1) is 10.5. The Morgan fingerprint density at radius 1 is 1.23 bits per heavy atom. The molecular formula is C14H17N3O4S. The van der Waals surface area contributed by atoms with Gasteiger partial charge in [0, 0.05) is 6.54 Å². The molecule has 1 saturated heterocycles. The van der Waals surface area contributed by atoms with Gasteiger partial charge >= 0.3 is 10.3 Å². The summed E-state index contributed by atoms with van der Waals surface area (Å²) in [6, 6.07) is 9.10. The van der Waals surface area contributed by atoms with Crippen molar-refractivity contribution >= 4 is 10.3 Å². The predicted molar refractivity (Wildman–Crippen MR) is 78.4 cm³/mol. The van der Waals surface area contributed by atoms with Gasteiger partial charge < -0.3 is 4.42 Å². The van der Waals surface area contributed by atoms with Crippen molar-refractivity contribution in [2.45, 2.75) is 31.7 Å². The van der Waals surface area contributed by atoms with E-state index in [4.69, 9.17) is 4.42 Å². The summed E-state index contributed by atoms with van der Waals surface area (Å²) in [6.07, 6.45) is 2.62. The molecule has 0 bridgehead atoms. The first-order valence-corrected chi connectivity index (χ1v) is 8.54. The zero-order chi connectivity index (χ0) is 15.6. The van der Waals surface area contributed by atoms with E-state index in [0.717, 1.165) is 16.3 Å². The molecule has 0 spiro atoms. The number of hydrogen-bond acceptors (Lipinski definition) is 5. The summed E-state index contributed by atoms with van der Waals surface area (Å²) in [5.74, 6) is 0.672. The molecule has 3 rings (SSSR count). The summed E-state index contributed by atoms with van der Waals surface area (Å²) in [6.45, 7) is 0.264. The summed E-state index contributed by atoms with van der Waals surface area (Å²) >= 11 is 0. The summed E-state index contributed by atoms with van der Waals surface area (Å²) in [4.78, 5) is 0. The third kappa shape index (κ3) is 3.34. The van der Waals surface area contributed by atoms with E-state index < -0.39 is 16.3 Å². The van der Waals surface area contributed by atoms with Crippen LogP contribution in [-0.4, -0.2) is 34.0 Å². The van der Waals surface area contributed by atoms with Crippen molar-refractivity contribution in [1.29, 1.82) is 0 Å². The average Bonchev–Trinajstić information content (AvgIpc) is 2.96. The van der Waals surface area contributed by atoms with Gasteiger partial charge in [-0.05, 0) is 18.4 Å². The van der Waals surface area contributed by atoms with Crippen molar-refractivity contribution < 1.29 is 17.4 Å². The van der Waals surface area contributed by atoms with Gasteiger partial charge in [-0.2, -0.15) is 12.7 Å². The molecule has 1 aromatic carbocycles. The summed E-state index contributed by atoms with van der Waals surface area (Å²) < 4.78 is 38.9. The number of hydrogen-bond donors (Lipinski definition) is 1. The van der Waals surface area contributed by atoms with E-state index in [-0.39, 0.29) is 12.4 Å². The molecule has 1 atom stereocenters. The standard InChI is InChI=1S/C14H17N3O4S/c18-22(19,20)17-9-5-4-8-12(17)14-16-15-13(21-14)10-11-6-2-1-3-7-11/h1-3,6-7,12H,4-5,8-10H2,(H,18,19,20)/t12-/m0/s1. The Morgan fingerprint density at radius 2 is 2.00 bits per heavy atom. The summed E-state index contributed by atoms with van der Waals surface area (Å²) in [7, 11) is -4.27. The highest BCUT2D eigenvalue weighted by Gasteiger charge is 2.35. The van der Waals surface area contributed by atoms with Crippen LogP contribution in [0.3, 0.4) is 0 Å². The van der Waals surface area contributed by atoms with Crippen LogP contribution in [0.4, 0.5) is 0 Å². The van der Waals surface area contributed by atoms with Gasteiger partial charge in [-0.3, -0.25) is 4.55 Å². The molecular weight excluding hydrogens is 306 g/mol. The number of rotatable bonds is 4. The molecule has 0 aliphatic carbocycles. The average molecular weight is 323 g/mol. The quantitative estimate of drug-likeness (QED) is 0.864. The Morgan fingerprint density at radius 3 is 2.73 bits per heavy atom. The largest absolute Gasteiger partial charge is 0.423 e. The molecule has 1 fully saturated rings. The van der Waals surface area contributed by atoms with E-state index in [1.54, 1.807) is 0 Å². The molecule has 7 nitrogen and oxygen atoms in total. The lowest BCUT2D eigenvalue weighted by molar-refractivity contribution is 0.200. The Kier molecular flexibility index (Phi) is 4.23. The minimum atomic E-state index is -4.27. The molecule has 118 valence electrons. The SMILES string of the molecule is O=S(=O)(O)N1CCCC[C@H]1c1nnc(Cc2ccccc2)o1. The smallest absolute Gasteiger partial charge is 0.336 e. The van der Waals surface area contributed by atoms with Gasteiger partial charge in [-0.1, -0.05) is 36.8 Å². The van der Waals surface area contributed by atoms with Crippen LogP contribution in [-0.2, 0) is 16.7 Å². The molecule has 2 aromatic rings. The van der Waals surface area contributed by atoms with E-state index in [1.165, 1.54) is 0 Å². The van der Waals surface area contributed by atoms with Crippen LogP contribution in [0.25, 0.3) is 0 Å².